The van der Waals surface area contributed by atoms with Crippen LogP contribution in [0, 0.1) is 0 Å². The number of amides is 1. The van der Waals surface area contributed by atoms with Crippen molar-refractivity contribution in [2.45, 2.75) is 84.2 Å². The third-order valence-electron chi connectivity index (χ3n) is 5.63. The quantitative estimate of drug-likeness (QED) is 0.607. The molecule has 2 heterocycles. The number of nitrogens with zero attached hydrogens (tertiary/aromatic N) is 3. The van der Waals surface area contributed by atoms with Crippen LogP contribution in [0.15, 0.2) is 29.3 Å². The number of halogens is 3. The molecule has 194 valence electrons. The van der Waals surface area contributed by atoms with Gasteiger partial charge in [-0.1, -0.05) is 20.8 Å². The molecule has 1 saturated heterocycles. The topological polar surface area (TPSA) is 69.8 Å². The fraction of sp³-hybridized carbons (Fsp3) is 0.600. The first-order valence-corrected chi connectivity index (χ1v) is 11.7. The molecule has 10 heteroatoms. The number of carbonyl (C=O) groups is 1. The Morgan fingerprint density at radius 3 is 2.40 bits per heavy atom. The minimum atomic E-state index is -4.61. The summed E-state index contributed by atoms with van der Waals surface area (Å²) in [6, 6.07) is 4.60. The van der Waals surface area contributed by atoms with Gasteiger partial charge in [-0.15, -0.1) is 0 Å². The highest BCUT2D eigenvalue weighted by molar-refractivity contribution is 5.97. The predicted octanol–water partition coefficient (Wildman–Crippen LogP) is 4.74. The Morgan fingerprint density at radius 1 is 1.17 bits per heavy atom. The van der Waals surface area contributed by atoms with E-state index in [9.17, 15) is 18.0 Å². The van der Waals surface area contributed by atoms with Crippen molar-refractivity contribution in [1.82, 2.24) is 14.8 Å². The summed E-state index contributed by atoms with van der Waals surface area (Å²) in [4.78, 5) is 23.1. The van der Waals surface area contributed by atoms with E-state index in [1.807, 2.05) is 58.0 Å². The lowest BCUT2D eigenvalue weighted by Gasteiger charge is -2.22. The Kier molecular flexibility index (Phi) is 7.57. The van der Waals surface area contributed by atoms with Crippen molar-refractivity contribution in [1.29, 1.82) is 0 Å². The smallest absolute Gasteiger partial charge is 0.407 e. The molecular formula is C25H35F3N4O3. The highest BCUT2D eigenvalue weighted by Gasteiger charge is 2.32. The molecule has 1 fully saturated rings. The average molecular weight is 497 g/mol. The van der Waals surface area contributed by atoms with Gasteiger partial charge in [-0.05, 0) is 51.8 Å². The number of rotatable bonds is 5. The summed E-state index contributed by atoms with van der Waals surface area (Å²) in [5, 5.41) is 0. The van der Waals surface area contributed by atoms with Crippen LogP contribution >= 0.6 is 0 Å². The first kappa shape index (κ1) is 27.0. The summed E-state index contributed by atoms with van der Waals surface area (Å²) in [5.41, 5.74) is 2.06. The molecule has 1 aliphatic heterocycles. The summed E-state index contributed by atoms with van der Waals surface area (Å²) >= 11 is 0. The standard InChI is InChI=1S/C25H35F3N4O3/c1-23(2,3)20-14-21(32(31(20)7)15-17-9-8-12-34-17)29-22(33)18-13-16(25(26,27)28)10-11-19(18)35-30-24(4,5)6/h10-11,13-14,17,30H,8-9,12,15H2,1-7H3/t17-/m1/s1. The van der Waals surface area contributed by atoms with E-state index in [0.717, 1.165) is 36.7 Å². The lowest BCUT2D eigenvalue weighted by molar-refractivity contribution is -0.137. The Hall–Kier alpha value is -2.59. The Morgan fingerprint density at radius 2 is 1.86 bits per heavy atom. The molecule has 0 spiro atoms. The van der Waals surface area contributed by atoms with Crippen LogP contribution in [0.3, 0.4) is 0 Å². The highest BCUT2D eigenvalue weighted by atomic mass is 19.4. The number of hydrogen-bond donors (Lipinski definition) is 1. The Bertz CT molecular complexity index is 1130. The maximum Gasteiger partial charge on any atom is 0.416 e. The molecule has 0 radical (unpaired) electrons. The number of alkyl halides is 3. The molecule has 7 nitrogen and oxygen atoms in total. The predicted molar refractivity (Wildman–Crippen MR) is 126 cm³/mol. The summed E-state index contributed by atoms with van der Waals surface area (Å²) in [7, 11) is 1.88. The number of ether oxygens (including phenoxy) is 1. The van der Waals surface area contributed by atoms with Crippen LogP contribution < -0.4 is 15.8 Å². The molecular weight excluding hydrogens is 461 g/mol. The minimum absolute atomic E-state index is 0.0195. The molecule has 35 heavy (non-hydrogen) atoms. The Balaban J connectivity index is 2.10. The lowest BCUT2D eigenvalue weighted by Crippen LogP contribution is -2.38. The van der Waals surface area contributed by atoms with Crippen LogP contribution in [0.4, 0.5) is 13.2 Å². The first-order valence-electron chi connectivity index (χ1n) is 11.7. The third kappa shape index (κ3) is 6.76. The number of aromatic nitrogens is 2. The molecule has 2 aromatic rings. The van der Waals surface area contributed by atoms with Gasteiger partial charge in [0.15, 0.2) is 11.2 Å². The van der Waals surface area contributed by atoms with Gasteiger partial charge in [-0.3, -0.25) is 14.2 Å². The molecule has 0 aliphatic carbocycles. The number of benzene rings is 1. The van der Waals surface area contributed by atoms with Crippen molar-refractivity contribution < 1.29 is 27.5 Å². The van der Waals surface area contributed by atoms with E-state index in [4.69, 9.17) is 9.57 Å². The van der Waals surface area contributed by atoms with Gasteiger partial charge in [0.05, 0.1) is 23.8 Å². The molecule has 1 aliphatic rings. The highest BCUT2D eigenvalue weighted by Crippen LogP contribution is 2.33. The zero-order valence-corrected chi connectivity index (χ0v) is 21.4. The fourth-order valence-electron chi connectivity index (χ4n) is 3.90. The van der Waals surface area contributed by atoms with Crippen LogP contribution in [0.5, 0.6) is 5.75 Å². The minimum Gasteiger partial charge on any atom is -0.407 e. The van der Waals surface area contributed by atoms with Crippen molar-refractivity contribution in [3.63, 3.8) is 0 Å². The number of hydroxylamine groups is 1. The largest absolute Gasteiger partial charge is 0.416 e. The second-order valence-electron chi connectivity index (χ2n) is 11.0. The van der Waals surface area contributed by atoms with Gasteiger partial charge < -0.3 is 9.57 Å². The maximum absolute atomic E-state index is 13.4. The second kappa shape index (κ2) is 9.81. The van der Waals surface area contributed by atoms with Crippen LogP contribution in [0.25, 0.3) is 0 Å². The van der Waals surface area contributed by atoms with Crippen molar-refractivity contribution in [3.05, 3.63) is 46.6 Å². The van der Waals surface area contributed by atoms with Crippen molar-refractivity contribution in [2.75, 3.05) is 6.61 Å². The number of carbonyl (C=O) groups excluding carboxylic acids is 1. The van der Waals surface area contributed by atoms with Crippen molar-refractivity contribution in [3.8, 4) is 5.75 Å². The normalized spacial score (nSPS) is 17.8. The Labute approximate surface area is 203 Å². The van der Waals surface area contributed by atoms with E-state index in [1.54, 1.807) is 6.07 Å². The van der Waals surface area contributed by atoms with Crippen LogP contribution in [-0.4, -0.2) is 33.5 Å². The number of nitrogens with one attached hydrogen (secondary N) is 1. The molecule has 0 bridgehead atoms. The van der Waals surface area contributed by atoms with Crippen molar-refractivity contribution in [2.24, 2.45) is 12.0 Å². The van der Waals surface area contributed by atoms with Crippen LogP contribution in [0.1, 0.15) is 76.0 Å². The van der Waals surface area contributed by atoms with Gasteiger partial charge in [0.2, 0.25) is 0 Å². The van der Waals surface area contributed by atoms with Crippen LogP contribution in [-0.2, 0) is 29.9 Å². The average Bonchev–Trinajstić information content (AvgIpc) is 3.34. The summed E-state index contributed by atoms with van der Waals surface area (Å²) in [6.07, 6.45) is -2.79. The first-order chi connectivity index (χ1) is 16.1. The van der Waals surface area contributed by atoms with Crippen LogP contribution in [0.2, 0.25) is 0 Å². The lowest BCUT2D eigenvalue weighted by atomic mass is 9.92. The molecule has 1 N–H and O–H groups in total. The van der Waals surface area contributed by atoms with E-state index in [0.29, 0.717) is 18.6 Å². The van der Waals surface area contributed by atoms with Gasteiger partial charge in [-0.2, -0.15) is 23.6 Å². The molecule has 1 aromatic heterocycles. The molecule has 0 saturated carbocycles. The molecule has 1 atom stereocenters. The zero-order valence-electron chi connectivity index (χ0n) is 21.4. The molecule has 1 aromatic carbocycles. The van der Waals surface area contributed by atoms with Gasteiger partial charge in [-0.25, -0.2) is 0 Å². The summed E-state index contributed by atoms with van der Waals surface area (Å²) in [5.74, 6) is -0.853. The van der Waals surface area contributed by atoms with Gasteiger partial charge >= 0.3 is 6.18 Å². The zero-order chi connectivity index (χ0) is 26.2. The van der Waals surface area contributed by atoms with Crippen molar-refractivity contribution >= 4 is 5.91 Å². The molecule has 1 amide bonds. The third-order valence-corrected chi connectivity index (χ3v) is 5.63. The SMILES string of the molecule is Cn1c(C(C)(C)C)cc(=NC(=O)c2cc(C(F)(F)F)ccc2ONC(C)(C)C)n1C[C@H]1CCCO1. The summed E-state index contributed by atoms with van der Waals surface area (Å²) < 4.78 is 49.8. The van der Waals surface area contributed by atoms with E-state index < -0.39 is 23.2 Å². The van der Waals surface area contributed by atoms with Gasteiger partial charge in [0.25, 0.3) is 5.91 Å². The van der Waals surface area contributed by atoms with Gasteiger partial charge in [0.1, 0.15) is 0 Å². The van der Waals surface area contributed by atoms with E-state index in [2.05, 4.69) is 10.5 Å². The maximum atomic E-state index is 13.4. The second-order valence-corrected chi connectivity index (χ2v) is 11.0. The molecule has 0 unspecified atom stereocenters. The van der Waals surface area contributed by atoms with E-state index in [1.165, 1.54) is 0 Å². The monoisotopic (exact) mass is 496 g/mol. The fourth-order valence-corrected chi connectivity index (χ4v) is 3.90. The molecule has 3 rings (SSSR count). The van der Waals surface area contributed by atoms with E-state index >= 15 is 0 Å². The van der Waals surface area contributed by atoms with E-state index in [-0.39, 0.29) is 22.8 Å². The summed E-state index contributed by atoms with van der Waals surface area (Å²) in [6.45, 7) is 12.8. The number of hydrogen-bond acceptors (Lipinski definition) is 4. The van der Waals surface area contributed by atoms with Gasteiger partial charge in [0, 0.05) is 36.4 Å².